The predicted molar refractivity (Wildman–Crippen MR) is 74.6 cm³/mol. The molecular weight excluding hydrogens is 258 g/mol. The molecule has 0 saturated heterocycles. The minimum atomic E-state index is -0.375. The zero-order chi connectivity index (χ0) is 14.9. The summed E-state index contributed by atoms with van der Waals surface area (Å²) in [6.07, 6.45) is 4.48. The summed E-state index contributed by atoms with van der Waals surface area (Å²) in [4.78, 5) is 27.5. The highest BCUT2D eigenvalue weighted by Crippen LogP contribution is 2.20. The Hall–Kier alpha value is -1.98. The van der Waals surface area contributed by atoms with Crippen molar-refractivity contribution >= 4 is 11.9 Å². The maximum absolute atomic E-state index is 12.3. The molecule has 2 unspecified atom stereocenters. The molecule has 0 radical (unpaired) electrons. The topological polar surface area (TPSA) is 61.9 Å². The van der Waals surface area contributed by atoms with Gasteiger partial charge in [0.25, 0.3) is 0 Å². The van der Waals surface area contributed by atoms with Crippen LogP contribution in [-0.2, 0) is 14.3 Å². The third-order valence-electron chi connectivity index (χ3n) is 3.70. The Kier molecular flexibility index (Phi) is 4.01. The first-order valence-corrected chi connectivity index (χ1v) is 6.63. The van der Waals surface area contributed by atoms with Crippen LogP contribution in [0, 0.1) is 0 Å². The quantitative estimate of drug-likeness (QED) is 0.741. The fourth-order valence-electron chi connectivity index (χ4n) is 2.68. The number of hydrogen-bond donors (Lipinski definition) is 1. The van der Waals surface area contributed by atoms with Gasteiger partial charge in [-0.3, -0.25) is 4.79 Å². The average molecular weight is 279 g/mol. The summed E-state index contributed by atoms with van der Waals surface area (Å²) < 4.78 is 4.71. The number of ether oxygens (including phenoxy) is 1. The van der Waals surface area contributed by atoms with E-state index >= 15 is 0 Å². The zero-order valence-corrected chi connectivity index (χ0v) is 12.3. The summed E-state index contributed by atoms with van der Waals surface area (Å²) in [5.74, 6) is -0.388. The molecule has 0 saturated carbocycles. The molecule has 0 aromatic rings. The van der Waals surface area contributed by atoms with Gasteiger partial charge < -0.3 is 19.9 Å². The first-order valence-electron chi connectivity index (χ1n) is 6.63. The van der Waals surface area contributed by atoms with E-state index in [0.29, 0.717) is 12.2 Å². The number of carbonyl (C=O) groups excluding carboxylic acids is 2. The molecule has 0 aromatic carbocycles. The molecule has 6 nitrogen and oxygen atoms in total. The Morgan fingerprint density at radius 2 is 2.10 bits per heavy atom. The number of nitrogens with zero attached hydrogens (tertiary/aromatic N) is 2. The van der Waals surface area contributed by atoms with Gasteiger partial charge >= 0.3 is 5.97 Å². The third kappa shape index (κ3) is 2.79. The monoisotopic (exact) mass is 279 g/mol. The van der Waals surface area contributed by atoms with Crippen LogP contribution in [0.5, 0.6) is 0 Å². The number of likely N-dealkylation sites (N-methyl/N-ethyl adjacent to an activating group) is 2. The minimum Gasteiger partial charge on any atom is -0.464 e. The van der Waals surface area contributed by atoms with Gasteiger partial charge in [-0.25, -0.2) is 4.79 Å². The Morgan fingerprint density at radius 3 is 2.65 bits per heavy atom. The third-order valence-corrected chi connectivity index (χ3v) is 3.70. The summed E-state index contributed by atoms with van der Waals surface area (Å²) in [5, 5.41) is 2.97. The second-order valence-corrected chi connectivity index (χ2v) is 5.40. The van der Waals surface area contributed by atoms with E-state index in [-0.39, 0.29) is 24.0 Å². The lowest BCUT2D eigenvalue weighted by molar-refractivity contribution is -0.137. The fraction of sp³-hybridized carbons (Fsp3) is 0.571. The van der Waals surface area contributed by atoms with Crippen molar-refractivity contribution in [3.63, 3.8) is 0 Å². The van der Waals surface area contributed by atoms with Crippen LogP contribution in [0.1, 0.15) is 13.3 Å². The summed E-state index contributed by atoms with van der Waals surface area (Å²) in [7, 11) is 5.06. The standard InChI is InChI=1S/C14H21N3O3/c1-9-5-11(16(2)7-9)13(18)15-10-6-12(14(19)20-4)17(3)8-10/h6-7,10-11H,5,8H2,1-4H3,(H,15,18). The van der Waals surface area contributed by atoms with Crippen LogP contribution in [0.4, 0.5) is 0 Å². The molecule has 110 valence electrons. The van der Waals surface area contributed by atoms with Gasteiger partial charge in [-0.05, 0) is 25.6 Å². The number of methoxy groups -OCH3 is 1. The molecule has 0 bridgehead atoms. The van der Waals surface area contributed by atoms with E-state index < -0.39 is 0 Å². The molecular formula is C14H21N3O3. The van der Waals surface area contributed by atoms with Crippen molar-refractivity contribution in [2.45, 2.75) is 25.4 Å². The maximum Gasteiger partial charge on any atom is 0.354 e. The molecule has 0 aliphatic carbocycles. The van der Waals surface area contributed by atoms with Crippen molar-refractivity contribution in [1.82, 2.24) is 15.1 Å². The largest absolute Gasteiger partial charge is 0.464 e. The number of rotatable bonds is 3. The van der Waals surface area contributed by atoms with Crippen LogP contribution in [0.2, 0.25) is 0 Å². The molecule has 2 heterocycles. The van der Waals surface area contributed by atoms with Gasteiger partial charge in [0.1, 0.15) is 11.7 Å². The van der Waals surface area contributed by atoms with Crippen molar-refractivity contribution in [2.75, 3.05) is 27.7 Å². The van der Waals surface area contributed by atoms with Crippen LogP contribution in [0.25, 0.3) is 0 Å². The smallest absolute Gasteiger partial charge is 0.354 e. The first-order chi connectivity index (χ1) is 9.42. The number of carbonyl (C=O) groups is 2. The molecule has 0 spiro atoms. The average Bonchev–Trinajstić information content (AvgIpc) is 2.91. The minimum absolute atomic E-state index is 0.0126. The Morgan fingerprint density at radius 1 is 1.40 bits per heavy atom. The van der Waals surface area contributed by atoms with Crippen molar-refractivity contribution in [3.05, 3.63) is 23.5 Å². The second kappa shape index (κ2) is 5.56. The zero-order valence-electron chi connectivity index (χ0n) is 12.3. The summed E-state index contributed by atoms with van der Waals surface area (Å²) in [6, 6.07) is -0.313. The summed E-state index contributed by atoms with van der Waals surface area (Å²) in [5.41, 5.74) is 1.69. The fourth-order valence-corrected chi connectivity index (χ4v) is 2.68. The molecule has 1 N–H and O–H groups in total. The molecule has 1 amide bonds. The SMILES string of the molecule is COC(=O)C1=CC(NC(=O)C2CC(C)=CN2C)CN1C. The van der Waals surface area contributed by atoms with Crippen LogP contribution in [0.15, 0.2) is 23.5 Å². The van der Waals surface area contributed by atoms with E-state index in [0.717, 1.165) is 6.42 Å². The lowest BCUT2D eigenvalue weighted by atomic mass is 10.1. The second-order valence-electron chi connectivity index (χ2n) is 5.40. The highest BCUT2D eigenvalue weighted by atomic mass is 16.5. The van der Waals surface area contributed by atoms with Gasteiger partial charge in [0.2, 0.25) is 5.91 Å². The Bertz CT molecular complexity index is 484. The van der Waals surface area contributed by atoms with Gasteiger partial charge in [0, 0.05) is 20.6 Å². The molecule has 2 rings (SSSR count). The molecule has 0 aromatic heterocycles. The summed E-state index contributed by atoms with van der Waals surface area (Å²) >= 11 is 0. The van der Waals surface area contributed by atoms with Crippen LogP contribution in [0.3, 0.4) is 0 Å². The van der Waals surface area contributed by atoms with Crippen LogP contribution in [-0.4, -0.2) is 61.5 Å². The van der Waals surface area contributed by atoms with Gasteiger partial charge in [-0.2, -0.15) is 0 Å². The maximum atomic E-state index is 12.3. The van der Waals surface area contributed by atoms with Crippen molar-refractivity contribution in [2.24, 2.45) is 0 Å². The highest BCUT2D eigenvalue weighted by molar-refractivity contribution is 5.89. The summed E-state index contributed by atoms with van der Waals surface area (Å²) in [6.45, 7) is 2.60. The number of nitrogens with one attached hydrogen (secondary N) is 1. The predicted octanol–water partition coefficient (Wildman–Crippen LogP) is 0.0814. The van der Waals surface area contributed by atoms with Crippen LogP contribution < -0.4 is 5.32 Å². The van der Waals surface area contributed by atoms with Crippen molar-refractivity contribution in [1.29, 1.82) is 0 Å². The van der Waals surface area contributed by atoms with E-state index in [1.54, 1.807) is 11.0 Å². The normalized spacial score (nSPS) is 25.4. The van der Waals surface area contributed by atoms with Crippen LogP contribution >= 0.6 is 0 Å². The first kappa shape index (κ1) is 14.4. The molecule has 0 fully saturated rings. The van der Waals surface area contributed by atoms with E-state index in [2.05, 4.69) is 5.32 Å². The highest BCUT2D eigenvalue weighted by Gasteiger charge is 2.31. The van der Waals surface area contributed by atoms with E-state index in [4.69, 9.17) is 4.74 Å². The lowest BCUT2D eigenvalue weighted by Crippen LogP contribution is -2.46. The van der Waals surface area contributed by atoms with E-state index in [9.17, 15) is 9.59 Å². The van der Waals surface area contributed by atoms with Gasteiger partial charge in [-0.15, -0.1) is 0 Å². The molecule has 2 aliphatic rings. The number of hydrogen-bond acceptors (Lipinski definition) is 5. The van der Waals surface area contributed by atoms with Crippen molar-refractivity contribution < 1.29 is 14.3 Å². The van der Waals surface area contributed by atoms with Crippen molar-refractivity contribution in [3.8, 4) is 0 Å². The van der Waals surface area contributed by atoms with Gasteiger partial charge in [-0.1, -0.05) is 5.57 Å². The van der Waals surface area contributed by atoms with E-state index in [1.165, 1.54) is 12.7 Å². The number of esters is 1. The Balaban J connectivity index is 1.97. The lowest BCUT2D eigenvalue weighted by Gasteiger charge is -2.22. The number of amides is 1. The van der Waals surface area contributed by atoms with Gasteiger partial charge in [0.15, 0.2) is 0 Å². The van der Waals surface area contributed by atoms with Gasteiger partial charge in [0.05, 0.1) is 13.2 Å². The molecule has 2 aliphatic heterocycles. The Labute approximate surface area is 119 Å². The molecule has 2 atom stereocenters. The molecule has 6 heteroatoms. The van der Waals surface area contributed by atoms with E-state index in [1.807, 2.05) is 32.1 Å². The molecule has 20 heavy (non-hydrogen) atoms.